The van der Waals surface area contributed by atoms with Gasteiger partial charge in [0.2, 0.25) is 11.9 Å². The summed E-state index contributed by atoms with van der Waals surface area (Å²) in [6.45, 7) is 2.09. The maximum atomic E-state index is 5.79. The van der Waals surface area contributed by atoms with E-state index >= 15 is 0 Å². The second kappa shape index (κ2) is 8.27. The van der Waals surface area contributed by atoms with Gasteiger partial charge in [-0.2, -0.15) is 15.0 Å². The third-order valence-corrected chi connectivity index (χ3v) is 5.78. The number of benzene rings is 1. The van der Waals surface area contributed by atoms with E-state index < -0.39 is 0 Å². The molecule has 0 amide bonds. The third kappa shape index (κ3) is 4.79. The Morgan fingerprint density at radius 2 is 1.79 bits per heavy atom. The Balaban J connectivity index is 1.66. The molecule has 0 fully saturated rings. The first-order chi connectivity index (χ1) is 11.7. The Hall–Kier alpha value is -1.91. The number of anilines is 3. The minimum absolute atomic E-state index is 0.193. The minimum atomic E-state index is 0.193. The number of aromatic nitrogens is 5. The van der Waals surface area contributed by atoms with Gasteiger partial charge in [-0.05, 0) is 17.9 Å². The lowest BCUT2D eigenvalue weighted by Gasteiger charge is -2.06. The quantitative estimate of drug-likeness (QED) is 0.599. The highest BCUT2D eigenvalue weighted by Crippen LogP contribution is 2.30. The lowest BCUT2D eigenvalue weighted by molar-refractivity contribution is 0.949. The molecule has 0 aliphatic rings. The second-order valence-electron chi connectivity index (χ2n) is 4.48. The normalized spacial score (nSPS) is 10.7. The number of rotatable bonds is 7. The van der Waals surface area contributed by atoms with Crippen LogP contribution < -0.4 is 11.1 Å². The van der Waals surface area contributed by atoms with Gasteiger partial charge in [-0.25, -0.2) is 0 Å². The molecular formula is C14H15N7S3. The van der Waals surface area contributed by atoms with Crippen LogP contribution in [0.3, 0.4) is 0 Å². The van der Waals surface area contributed by atoms with E-state index in [1.54, 1.807) is 23.1 Å². The van der Waals surface area contributed by atoms with Crippen LogP contribution in [0.4, 0.5) is 17.6 Å². The van der Waals surface area contributed by atoms with Crippen molar-refractivity contribution >= 4 is 52.4 Å². The van der Waals surface area contributed by atoms with Gasteiger partial charge in [-0.3, -0.25) is 0 Å². The van der Waals surface area contributed by atoms with Gasteiger partial charge in [0.05, 0.1) is 5.75 Å². The highest BCUT2D eigenvalue weighted by molar-refractivity contribution is 8.02. The molecule has 1 aromatic carbocycles. The van der Waals surface area contributed by atoms with E-state index in [9.17, 15) is 0 Å². The van der Waals surface area contributed by atoms with E-state index in [0.29, 0.717) is 17.5 Å². The van der Waals surface area contributed by atoms with E-state index in [1.165, 1.54) is 11.8 Å². The third-order valence-electron chi connectivity index (χ3n) is 2.71. The highest BCUT2D eigenvalue weighted by Gasteiger charge is 2.09. The molecule has 3 aromatic rings. The first kappa shape index (κ1) is 16.9. The zero-order valence-corrected chi connectivity index (χ0v) is 15.3. The number of nitrogens with two attached hydrogens (primary N) is 1. The minimum Gasteiger partial charge on any atom is -0.368 e. The predicted octanol–water partition coefficient (Wildman–Crippen LogP) is 3.45. The molecule has 7 nitrogen and oxygen atoms in total. The molecule has 0 aliphatic heterocycles. The molecule has 124 valence electrons. The average molecular weight is 378 g/mol. The van der Waals surface area contributed by atoms with Gasteiger partial charge in [0, 0.05) is 5.69 Å². The smallest absolute Gasteiger partial charge is 0.232 e. The first-order valence-corrected chi connectivity index (χ1v) is 9.93. The molecular weight excluding hydrogens is 362 g/mol. The molecule has 10 heteroatoms. The van der Waals surface area contributed by atoms with Crippen LogP contribution in [-0.2, 0) is 5.75 Å². The van der Waals surface area contributed by atoms with Crippen molar-refractivity contribution in [1.29, 1.82) is 0 Å². The molecule has 0 radical (unpaired) electrons. The van der Waals surface area contributed by atoms with E-state index in [4.69, 9.17) is 5.73 Å². The first-order valence-electron chi connectivity index (χ1n) is 7.14. The van der Waals surface area contributed by atoms with Crippen LogP contribution in [0.2, 0.25) is 0 Å². The summed E-state index contributed by atoms with van der Waals surface area (Å²) >= 11 is 4.80. The van der Waals surface area contributed by atoms with Crippen molar-refractivity contribution in [3.05, 3.63) is 36.2 Å². The van der Waals surface area contributed by atoms with Crippen LogP contribution in [0, 0.1) is 0 Å². The van der Waals surface area contributed by atoms with Crippen LogP contribution in [0.25, 0.3) is 0 Å². The fraction of sp³-hybridized carbons (Fsp3) is 0.214. The van der Waals surface area contributed by atoms with E-state index in [0.717, 1.165) is 20.1 Å². The van der Waals surface area contributed by atoms with Gasteiger partial charge in [0.1, 0.15) is 5.82 Å². The molecule has 24 heavy (non-hydrogen) atoms. The van der Waals surface area contributed by atoms with Gasteiger partial charge in [-0.1, -0.05) is 60.0 Å². The maximum absolute atomic E-state index is 5.79. The van der Waals surface area contributed by atoms with Gasteiger partial charge < -0.3 is 11.1 Å². The molecule has 0 saturated carbocycles. The molecule has 0 saturated heterocycles. The number of hydrogen-bond donors (Lipinski definition) is 2. The van der Waals surface area contributed by atoms with Crippen molar-refractivity contribution in [3.63, 3.8) is 0 Å². The highest BCUT2D eigenvalue weighted by atomic mass is 32.2. The standard InChI is InChI=1S/C14H15N7S3/c1-2-22-13-20-21-14(24-13)23-8-10-17-11(15)19-12(18-10)16-9-6-4-3-5-7-9/h3-7H,2,8H2,1H3,(H3,15,16,17,18,19). The number of thioether (sulfide) groups is 2. The fourth-order valence-electron chi connectivity index (χ4n) is 1.77. The molecule has 3 N–H and O–H groups in total. The SMILES string of the molecule is CCSc1nnc(SCc2nc(N)nc(Nc3ccccc3)n2)s1. The van der Waals surface area contributed by atoms with Crippen molar-refractivity contribution in [2.75, 3.05) is 16.8 Å². The average Bonchev–Trinajstić information content (AvgIpc) is 3.01. The van der Waals surface area contributed by atoms with Crippen molar-refractivity contribution in [3.8, 4) is 0 Å². The van der Waals surface area contributed by atoms with E-state index in [1.807, 2.05) is 30.3 Å². The topological polar surface area (TPSA) is 102 Å². The van der Waals surface area contributed by atoms with E-state index in [2.05, 4.69) is 37.4 Å². The van der Waals surface area contributed by atoms with Crippen molar-refractivity contribution < 1.29 is 0 Å². The monoisotopic (exact) mass is 377 g/mol. The van der Waals surface area contributed by atoms with Crippen LogP contribution in [-0.4, -0.2) is 30.9 Å². The fourth-order valence-corrected chi connectivity index (χ4v) is 4.54. The van der Waals surface area contributed by atoms with Crippen LogP contribution >= 0.6 is 34.9 Å². The zero-order chi connectivity index (χ0) is 16.8. The van der Waals surface area contributed by atoms with Gasteiger partial charge in [-0.15, -0.1) is 10.2 Å². The number of para-hydroxylation sites is 1. The Bertz CT molecular complexity index is 794. The summed E-state index contributed by atoms with van der Waals surface area (Å²) in [5.41, 5.74) is 6.68. The maximum Gasteiger partial charge on any atom is 0.232 e. The summed E-state index contributed by atoms with van der Waals surface area (Å²) < 4.78 is 1.86. The molecule has 0 spiro atoms. The van der Waals surface area contributed by atoms with Crippen molar-refractivity contribution in [2.24, 2.45) is 0 Å². The lowest BCUT2D eigenvalue weighted by Crippen LogP contribution is -2.06. The summed E-state index contributed by atoms with van der Waals surface area (Å²) in [5, 5.41) is 11.4. The molecule has 3 rings (SSSR count). The molecule has 2 heterocycles. The van der Waals surface area contributed by atoms with Crippen molar-refractivity contribution in [2.45, 2.75) is 21.4 Å². The molecule has 0 atom stereocenters. The number of hydrogen-bond acceptors (Lipinski definition) is 10. The number of nitrogens with one attached hydrogen (secondary N) is 1. The number of nitrogen functional groups attached to an aromatic ring is 1. The molecule has 0 aliphatic carbocycles. The lowest BCUT2D eigenvalue weighted by atomic mass is 10.3. The second-order valence-corrected chi connectivity index (χ2v) is 8.19. The summed E-state index contributed by atoms with van der Waals surface area (Å²) in [5.74, 6) is 2.77. The Labute approximate surface area is 151 Å². The van der Waals surface area contributed by atoms with Crippen LogP contribution in [0.1, 0.15) is 12.7 Å². The van der Waals surface area contributed by atoms with E-state index in [-0.39, 0.29) is 5.95 Å². The molecule has 0 bridgehead atoms. The summed E-state index contributed by atoms with van der Waals surface area (Å²) in [4.78, 5) is 12.7. The summed E-state index contributed by atoms with van der Waals surface area (Å²) in [7, 11) is 0. The van der Waals surface area contributed by atoms with Crippen LogP contribution in [0.5, 0.6) is 0 Å². The van der Waals surface area contributed by atoms with Crippen LogP contribution in [0.15, 0.2) is 39.0 Å². The van der Waals surface area contributed by atoms with Gasteiger partial charge >= 0.3 is 0 Å². The Morgan fingerprint density at radius 3 is 2.54 bits per heavy atom. The van der Waals surface area contributed by atoms with Gasteiger partial charge in [0.15, 0.2) is 8.68 Å². The Morgan fingerprint density at radius 1 is 1.04 bits per heavy atom. The zero-order valence-electron chi connectivity index (χ0n) is 12.8. The molecule has 2 aromatic heterocycles. The summed E-state index contributed by atoms with van der Waals surface area (Å²) in [6.07, 6.45) is 0. The number of nitrogens with zero attached hydrogens (tertiary/aromatic N) is 5. The largest absolute Gasteiger partial charge is 0.368 e. The molecule has 0 unspecified atom stereocenters. The Kier molecular flexibility index (Phi) is 5.83. The van der Waals surface area contributed by atoms with Crippen molar-refractivity contribution in [1.82, 2.24) is 25.1 Å². The van der Waals surface area contributed by atoms with Gasteiger partial charge in [0.25, 0.3) is 0 Å². The predicted molar refractivity (Wildman–Crippen MR) is 99.8 cm³/mol. The summed E-state index contributed by atoms with van der Waals surface area (Å²) in [6, 6.07) is 9.68.